The Hall–Kier alpha value is -0.790. The summed E-state index contributed by atoms with van der Waals surface area (Å²) in [5, 5.41) is 0. The van der Waals surface area contributed by atoms with E-state index in [4.69, 9.17) is 4.74 Å². The summed E-state index contributed by atoms with van der Waals surface area (Å²) >= 11 is 0. The van der Waals surface area contributed by atoms with E-state index < -0.39 is 0 Å². The maximum absolute atomic E-state index is 11.1. The van der Waals surface area contributed by atoms with E-state index in [0.717, 1.165) is 0 Å². The van der Waals surface area contributed by atoms with Gasteiger partial charge in [0.1, 0.15) is 0 Å². The molecule has 1 saturated carbocycles. The van der Waals surface area contributed by atoms with Gasteiger partial charge < -0.3 is 4.74 Å². The van der Waals surface area contributed by atoms with Crippen molar-refractivity contribution >= 4 is 5.97 Å². The van der Waals surface area contributed by atoms with E-state index in [9.17, 15) is 4.79 Å². The van der Waals surface area contributed by atoms with Crippen LogP contribution in [-0.4, -0.2) is 12.6 Å². The fraction of sp³-hybridized carbons (Fsp3) is 0.786. The van der Waals surface area contributed by atoms with Gasteiger partial charge in [-0.3, -0.25) is 0 Å². The maximum atomic E-state index is 11.1. The van der Waals surface area contributed by atoms with Crippen molar-refractivity contribution in [3.63, 3.8) is 0 Å². The van der Waals surface area contributed by atoms with E-state index >= 15 is 0 Å². The van der Waals surface area contributed by atoms with Crippen molar-refractivity contribution in [2.75, 3.05) is 6.61 Å². The fourth-order valence-electron chi connectivity index (χ4n) is 2.60. The summed E-state index contributed by atoms with van der Waals surface area (Å²) in [6.45, 7) is 6.24. The predicted octanol–water partition coefficient (Wildman–Crippen LogP) is 3.86. The summed E-state index contributed by atoms with van der Waals surface area (Å²) in [5.74, 6) is -0.276. The summed E-state index contributed by atoms with van der Waals surface area (Å²) < 4.78 is 5.27. The molecular weight excluding hydrogens is 200 g/mol. The Morgan fingerprint density at radius 3 is 2.62 bits per heavy atom. The first-order valence-corrected chi connectivity index (χ1v) is 6.52. The highest BCUT2D eigenvalue weighted by Crippen LogP contribution is 2.40. The topological polar surface area (TPSA) is 26.3 Å². The molecule has 92 valence electrons. The van der Waals surface area contributed by atoms with Crippen LogP contribution < -0.4 is 0 Å². The van der Waals surface area contributed by atoms with Crippen molar-refractivity contribution in [2.45, 2.75) is 58.3 Å². The van der Waals surface area contributed by atoms with Gasteiger partial charge in [-0.15, -0.1) is 0 Å². The highest BCUT2D eigenvalue weighted by molar-refractivity contribution is 5.81. The van der Waals surface area contributed by atoms with Crippen molar-refractivity contribution in [3.8, 4) is 0 Å². The molecule has 16 heavy (non-hydrogen) atoms. The van der Waals surface area contributed by atoms with Gasteiger partial charge in [-0.2, -0.15) is 0 Å². The smallest absolute Gasteiger partial charge is 0.330 e. The van der Waals surface area contributed by atoms with Crippen LogP contribution in [-0.2, 0) is 9.53 Å². The van der Waals surface area contributed by atoms with Crippen molar-refractivity contribution in [1.82, 2.24) is 0 Å². The van der Waals surface area contributed by atoms with Crippen molar-refractivity contribution in [2.24, 2.45) is 5.41 Å². The summed E-state index contributed by atoms with van der Waals surface area (Å²) in [6.07, 6.45) is 11.3. The van der Waals surface area contributed by atoms with Gasteiger partial charge in [0.25, 0.3) is 0 Å². The van der Waals surface area contributed by atoms with Gasteiger partial charge in [0.15, 0.2) is 0 Å². The molecule has 0 aromatic carbocycles. The summed E-state index contributed by atoms with van der Waals surface area (Å²) in [6, 6.07) is 0. The quantitative estimate of drug-likeness (QED) is 0.506. The third-order valence-corrected chi connectivity index (χ3v) is 3.66. The first-order valence-electron chi connectivity index (χ1n) is 6.52. The van der Waals surface area contributed by atoms with Crippen molar-refractivity contribution < 1.29 is 9.53 Å². The molecule has 0 aromatic rings. The zero-order valence-electron chi connectivity index (χ0n) is 10.5. The van der Waals surface area contributed by atoms with Crippen LogP contribution in [0.15, 0.2) is 12.7 Å². The lowest BCUT2D eigenvalue weighted by atomic mass is 9.71. The number of carbonyl (C=O) groups excluding carboxylic acids is 1. The van der Waals surface area contributed by atoms with Gasteiger partial charge in [-0.05, 0) is 19.3 Å². The first-order chi connectivity index (χ1) is 7.72. The highest BCUT2D eigenvalue weighted by Gasteiger charge is 2.32. The number of hydrogen-bond donors (Lipinski definition) is 0. The molecule has 0 atom stereocenters. The lowest BCUT2D eigenvalue weighted by Crippen LogP contribution is -2.30. The van der Waals surface area contributed by atoms with Crippen molar-refractivity contribution in [3.05, 3.63) is 12.7 Å². The number of unbranched alkanes of at least 4 members (excludes halogenated alkanes) is 1. The largest absolute Gasteiger partial charge is 0.462 e. The molecule has 2 heteroatoms. The first kappa shape index (κ1) is 13.3. The van der Waals surface area contributed by atoms with Gasteiger partial charge in [0.2, 0.25) is 0 Å². The van der Waals surface area contributed by atoms with E-state index in [-0.39, 0.29) is 11.4 Å². The fourth-order valence-corrected chi connectivity index (χ4v) is 2.60. The number of hydrogen-bond acceptors (Lipinski definition) is 2. The molecule has 0 amide bonds. The van der Waals surface area contributed by atoms with Crippen LogP contribution in [0.25, 0.3) is 0 Å². The normalized spacial score (nSPS) is 19.1. The van der Waals surface area contributed by atoms with Crippen LogP contribution >= 0.6 is 0 Å². The standard InChI is InChI=1S/C14H24O2/c1-3-5-9-14(10-7-6-8-11-14)12-16-13(15)4-2/h4H,2-3,5-12H2,1H3. The molecule has 0 unspecified atom stereocenters. The van der Waals surface area contributed by atoms with Crippen LogP contribution in [0.3, 0.4) is 0 Å². The Morgan fingerprint density at radius 2 is 2.06 bits per heavy atom. The predicted molar refractivity (Wildman–Crippen MR) is 66.2 cm³/mol. The zero-order chi connectivity index (χ0) is 11.9. The molecule has 1 rings (SSSR count). The summed E-state index contributed by atoms with van der Waals surface area (Å²) in [7, 11) is 0. The number of carbonyl (C=O) groups is 1. The number of esters is 1. The second-order valence-corrected chi connectivity index (χ2v) is 4.98. The van der Waals surface area contributed by atoms with Crippen LogP contribution in [0.2, 0.25) is 0 Å². The second kappa shape index (κ2) is 6.72. The van der Waals surface area contributed by atoms with Gasteiger partial charge in [0, 0.05) is 11.5 Å². The molecular formula is C14H24O2. The Labute approximate surface area is 99.1 Å². The summed E-state index contributed by atoms with van der Waals surface area (Å²) in [4.78, 5) is 11.1. The average molecular weight is 224 g/mol. The van der Waals surface area contributed by atoms with E-state index in [1.807, 2.05) is 0 Å². The molecule has 0 heterocycles. The van der Waals surface area contributed by atoms with Gasteiger partial charge in [-0.1, -0.05) is 45.6 Å². The molecule has 2 nitrogen and oxygen atoms in total. The molecule has 0 saturated heterocycles. The molecule has 0 aromatic heterocycles. The highest BCUT2D eigenvalue weighted by atomic mass is 16.5. The lowest BCUT2D eigenvalue weighted by Gasteiger charge is -2.36. The zero-order valence-corrected chi connectivity index (χ0v) is 10.5. The number of ether oxygens (including phenoxy) is 1. The second-order valence-electron chi connectivity index (χ2n) is 4.98. The van der Waals surface area contributed by atoms with Crippen LogP contribution in [0.5, 0.6) is 0 Å². The molecule has 1 aliphatic rings. The molecule has 0 bridgehead atoms. The van der Waals surface area contributed by atoms with Gasteiger partial charge >= 0.3 is 5.97 Å². The average Bonchev–Trinajstić information content (AvgIpc) is 2.35. The maximum Gasteiger partial charge on any atom is 0.330 e. The molecule has 0 N–H and O–H groups in total. The van der Waals surface area contributed by atoms with Crippen molar-refractivity contribution in [1.29, 1.82) is 0 Å². The Kier molecular flexibility index (Phi) is 5.58. The molecule has 0 aliphatic heterocycles. The Bertz CT molecular complexity index is 227. The molecule has 0 spiro atoms. The van der Waals surface area contributed by atoms with Crippen LogP contribution in [0.1, 0.15) is 58.3 Å². The molecule has 1 aliphatic carbocycles. The molecule has 1 fully saturated rings. The monoisotopic (exact) mass is 224 g/mol. The Balaban J connectivity index is 2.48. The molecule has 0 radical (unpaired) electrons. The van der Waals surface area contributed by atoms with Crippen LogP contribution in [0, 0.1) is 5.41 Å². The van der Waals surface area contributed by atoms with Gasteiger partial charge in [-0.25, -0.2) is 4.79 Å². The lowest BCUT2D eigenvalue weighted by molar-refractivity contribution is -0.142. The number of rotatable bonds is 6. The van der Waals surface area contributed by atoms with E-state index in [1.165, 1.54) is 57.4 Å². The Morgan fingerprint density at radius 1 is 1.38 bits per heavy atom. The van der Waals surface area contributed by atoms with E-state index in [1.54, 1.807) is 0 Å². The van der Waals surface area contributed by atoms with E-state index in [2.05, 4.69) is 13.5 Å². The minimum absolute atomic E-state index is 0.271. The third-order valence-electron chi connectivity index (χ3n) is 3.66. The van der Waals surface area contributed by atoms with Crippen LogP contribution in [0.4, 0.5) is 0 Å². The minimum atomic E-state index is -0.276. The SMILES string of the molecule is C=CC(=O)OCC1(CCCC)CCCCC1. The summed E-state index contributed by atoms with van der Waals surface area (Å²) in [5.41, 5.74) is 0.271. The third kappa shape index (κ3) is 3.99. The minimum Gasteiger partial charge on any atom is -0.462 e. The van der Waals surface area contributed by atoms with Gasteiger partial charge in [0.05, 0.1) is 6.61 Å². The van der Waals surface area contributed by atoms with E-state index in [0.29, 0.717) is 6.61 Å².